The number of aliphatic hydroxyl groups is 1. The number of aliphatic hydroxyl groups excluding tert-OH is 1. The maximum absolute atomic E-state index is 11.8. The molecule has 2 heterocycles. The van der Waals surface area contributed by atoms with Gasteiger partial charge in [-0.05, 0) is 40.3 Å². The SMILES string of the molecule is C[C@H]1O[C@@H](OC[C@H]2O[C@@H](O)[C@H](OCc3ccccc3)[C@@H](OCc3ccccc3)[C@@H]2OCc2ccccc2)[C@H](OCc2ccccc2)[C@@H](OCc2ccccc2)[C@@H]1OCc1ccccc1. The minimum atomic E-state index is -1.37. The third kappa shape index (κ3) is 12.8. The van der Waals surface area contributed by atoms with Gasteiger partial charge in [-0.1, -0.05) is 182 Å². The van der Waals surface area contributed by atoms with E-state index in [1.807, 2.05) is 189 Å². The van der Waals surface area contributed by atoms with Gasteiger partial charge >= 0.3 is 0 Å². The monoisotopic (exact) mass is 866 g/mol. The lowest BCUT2D eigenvalue weighted by Gasteiger charge is -2.47. The molecule has 2 aliphatic heterocycles. The second kappa shape index (κ2) is 23.7. The minimum Gasteiger partial charge on any atom is -0.368 e. The highest BCUT2D eigenvalue weighted by Gasteiger charge is 2.51. The first-order valence-corrected chi connectivity index (χ1v) is 22.1. The van der Waals surface area contributed by atoms with Gasteiger partial charge in [0.05, 0.1) is 52.4 Å². The number of hydrogen-bond acceptors (Lipinski definition) is 10. The van der Waals surface area contributed by atoms with E-state index >= 15 is 0 Å². The predicted octanol–water partition coefficient (Wildman–Crippen LogP) is 8.98. The van der Waals surface area contributed by atoms with Crippen molar-refractivity contribution in [3.05, 3.63) is 215 Å². The fraction of sp³-hybridized carbons (Fsp3) is 0.333. The van der Waals surface area contributed by atoms with Crippen LogP contribution in [-0.4, -0.2) is 73.1 Å². The van der Waals surface area contributed by atoms with Crippen LogP contribution in [0, 0.1) is 0 Å². The zero-order valence-electron chi connectivity index (χ0n) is 36.2. The van der Waals surface area contributed by atoms with Crippen LogP contribution in [0.5, 0.6) is 0 Å². The van der Waals surface area contributed by atoms with E-state index in [1.54, 1.807) is 0 Å². The van der Waals surface area contributed by atoms with Crippen molar-refractivity contribution in [3.8, 4) is 0 Å². The zero-order chi connectivity index (χ0) is 43.8. The Labute approximate surface area is 376 Å². The van der Waals surface area contributed by atoms with Crippen molar-refractivity contribution in [1.82, 2.24) is 0 Å². The van der Waals surface area contributed by atoms with Crippen LogP contribution in [0.2, 0.25) is 0 Å². The van der Waals surface area contributed by atoms with Crippen LogP contribution in [0.4, 0.5) is 0 Å². The summed E-state index contributed by atoms with van der Waals surface area (Å²) in [5, 5.41) is 11.8. The Bertz CT molecular complexity index is 2030. The van der Waals surface area contributed by atoms with Gasteiger partial charge in [-0.15, -0.1) is 0 Å². The molecule has 0 amide bonds. The third-order valence-electron chi connectivity index (χ3n) is 11.5. The molecule has 10 atom stereocenters. The quantitative estimate of drug-likeness (QED) is 0.0755. The highest BCUT2D eigenvalue weighted by molar-refractivity contribution is 5.18. The van der Waals surface area contributed by atoms with E-state index in [1.165, 1.54) is 0 Å². The molecule has 0 spiro atoms. The van der Waals surface area contributed by atoms with E-state index in [0.29, 0.717) is 13.2 Å². The summed E-state index contributed by atoms with van der Waals surface area (Å²) in [7, 11) is 0. The summed E-state index contributed by atoms with van der Waals surface area (Å²) in [6, 6.07) is 59.7. The minimum absolute atomic E-state index is 0.0450. The van der Waals surface area contributed by atoms with Crippen molar-refractivity contribution < 1.29 is 47.7 Å². The van der Waals surface area contributed by atoms with E-state index in [-0.39, 0.29) is 33.0 Å². The number of benzene rings is 6. The number of rotatable bonds is 21. The van der Waals surface area contributed by atoms with Gasteiger partial charge in [0.2, 0.25) is 0 Å². The Morgan fingerprint density at radius 3 is 1.02 bits per heavy atom. The Balaban J connectivity index is 1.07. The molecule has 0 unspecified atom stereocenters. The Kier molecular flexibility index (Phi) is 16.9. The predicted molar refractivity (Wildman–Crippen MR) is 241 cm³/mol. The van der Waals surface area contributed by atoms with Gasteiger partial charge in [-0.2, -0.15) is 0 Å². The molecule has 0 saturated carbocycles. The molecule has 10 nitrogen and oxygen atoms in total. The second-order valence-corrected chi connectivity index (χ2v) is 16.2. The van der Waals surface area contributed by atoms with Crippen molar-refractivity contribution in [3.63, 3.8) is 0 Å². The topological polar surface area (TPSA) is 103 Å². The Morgan fingerprint density at radius 2 is 0.641 bits per heavy atom. The molecule has 1 N–H and O–H groups in total. The van der Waals surface area contributed by atoms with Crippen molar-refractivity contribution in [1.29, 1.82) is 0 Å². The maximum atomic E-state index is 11.8. The highest BCUT2D eigenvalue weighted by atomic mass is 16.7. The molecule has 2 fully saturated rings. The molecule has 8 rings (SSSR count). The first-order valence-electron chi connectivity index (χ1n) is 22.1. The number of ether oxygens (including phenoxy) is 9. The first-order chi connectivity index (χ1) is 31.6. The fourth-order valence-corrected chi connectivity index (χ4v) is 8.09. The molecule has 334 valence electrons. The molecule has 2 saturated heterocycles. The van der Waals surface area contributed by atoms with Crippen LogP contribution in [0.1, 0.15) is 40.3 Å². The summed E-state index contributed by atoms with van der Waals surface area (Å²) >= 11 is 0. The Hall–Kier alpha value is -5.08. The molecule has 6 aromatic carbocycles. The summed E-state index contributed by atoms with van der Waals surface area (Å²) < 4.78 is 60.2. The van der Waals surface area contributed by atoms with Crippen molar-refractivity contribution >= 4 is 0 Å². The zero-order valence-corrected chi connectivity index (χ0v) is 36.2. The lowest BCUT2D eigenvalue weighted by molar-refractivity contribution is -0.345. The van der Waals surface area contributed by atoms with Gasteiger partial charge < -0.3 is 47.7 Å². The van der Waals surface area contributed by atoms with Crippen LogP contribution in [-0.2, 0) is 82.3 Å². The largest absolute Gasteiger partial charge is 0.368 e. The lowest BCUT2D eigenvalue weighted by atomic mass is 9.97. The van der Waals surface area contributed by atoms with E-state index in [0.717, 1.165) is 33.4 Å². The molecule has 2 aliphatic rings. The van der Waals surface area contributed by atoms with Gasteiger partial charge in [0.25, 0.3) is 0 Å². The lowest BCUT2D eigenvalue weighted by Crippen LogP contribution is -2.63. The average Bonchev–Trinajstić information content (AvgIpc) is 3.35. The Morgan fingerprint density at radius 1 is 0.344 bits per heavy atom. The molecule has 0 aromatic heterocycles. The summed E-state index contributed by atoms with van der Waals surface area (Å²) in [5.41, 5.74) is 5.90. The van der Waals surface area contributed by atoms with Crippen LogP contribution in [0.25, 0.3) is 0 Å². The van der Waals surface area contributed by atoms with E-state index < -0.39 is 61.4 Å². The van der Waals surface area contributed by atoms with E-state index in [9.17, 15) is 5.11 Å². The van der Waals surface area contributed by atoms with Crippen LogP contribution >= 0.6 is 0 Å². The summed E-state index contributed by atoms with van der Waals surface area (Å²) in [6.45, 7) is 3.61. The summed E-state index contributed by atoms with van der Waals surface area (Å²) in [4.78, 5) is 0. The smallest absolute Gasteiger partial charge is 0.186 e. The molecule has 10 heteroatoms. The van der Waals surface area contributed by atoms with E-state index in [2.05, 4.69) is 0 Å². The molecule has 0 bridgehead atoms. The number of hydrogen-bond donors (Lipinski definition) is 1. The summed E-state index contributed by atoms with van der Waals surface area (Å²) in [6.07, 6.45) is -7.86. The van der Waals surface area contributed by atoms with Crippen LogP contribution < -0.4 is 0 Å². The molecule has 0 radical (unpaired) electrons. The molecule has 0 aliphatic carbocycles. The van der Waals surface area contributed by atoms with Gasteiger partial charge in [0.15, 0.2) is 12.6 Å². The molecular formula is C54H58O10. The standard InChI is InChI=1S/C54H58O10/c1-39-47(56-32-40-20-8-2-9-21-40)49(58-34-42-24-12-4-13-25-42)52(61-37-45-30-18-7-19-31-45)54(63-39)62-38-46-48(57-33-41-22-10-3-11-23-41)50(59-35-43-26-14-5-15-27-43)51(53(55)64-46)60-36-44-28-16-6-17-29-44/h2-31,39,46-55H,32-38H2,1H3/t39-,46-,47-,48-,49+,50+,51-,52-,53-,54-/m1/s1. The summed E-state index contributed by atoms with van der Waals surface area (Å²) in [5.74, 6) is 0. The van der Waals surface area contributed by atoms with Crippen molar-refractivity contribution in [2.45, 2.75) is 108 Å². The average molecular weight is 867 g/mol. The molecular weight excluding hydrogens is 809 g/mol. The van der Waals surface area contributed by atoms with Gasteiger partial charge in [-0.3, -0.25) is 0 Å². The third-order valence-corrected chi connectivity index (χ3v) is 11.5. The van der Waals surface area contributed by atoms with Crippen LogP contribution in [0.15, 0.2) is 182 Å². The fourth-order valence-electron chi connectivity index (χ4n) is 8.09. The maximum Gasteiger partial charge on any atom is 0.186 e. The van der Waals surface area contributed by atoms with E-state index in [4.69, 9.17) is 42.6 Å². The second-order valence-electron chi connectivity index (χ2n) is 16.2. The first kappa shape index (κ1) is 45.5. The van der Waals surface area contributed by atoms with Crippen molar-refractivity contribution in [2.24, 2.45) is 0 Å². The molecule has 6 aromatic rings. The van der Waals surface area contributed by atoms with Crippen LogP contribution in [0.3, 0.4) is 0 Å². The highest BCUT2D eigenvalue weighted by Crippen LogP contribution is 2.34. The van der Waals surface area contributed by atoms with Crippen molar-refractivity contribution in [2.75, 3.05) is 6.61 Å². The van der Waals surface area contributed by atoms with Gasteiger partial charge in [0.1, 0.15) is 42.7 Å². The normalized spacial score (nSPS) is 25.8. The van der Waals surface area contributed by atoms with Gasteiger partial charge in [0, 0.05) is 0 Å². The van der Waals surface area contributed by atoms with Gasteiger partial charge in [-0.25, -0.2) is 0 Å². The molecule has 64 heavy (non-hydrogen) atoms.